The second kappa shape index (κ2) is 9.87. The molecule has 3 unspecified atom stereocenters. The highest BCUT2D eigenvalue weighted by molar-refractivity contribution is 5.81. The second-order valence-corrected chi connectivity index (χ2v) is 6.80. The smallest absolute Gasteiger partial charge is 0.239 e. The maximum absolute atomic E-state index is 12.2. The standard InChI is InChI=1S/C19H28N2O4/c22-19(20-12-16-8-10-24-14-16)18-11-17(25-21-18)7-4-9-23-13-15-5-2-1-3-6-15/h1-3,5-6,16-18,21H,4,7-14H2,(H,20,22). The molecule has 1 aromatic carbocycles. The molecule has 6 heteroatoms. The van der Waals surface area contributed by atoms with Crippen molar-refractivity contribution in [2.24, 2.45) is 5.92 Å². The van der Waals surface area contributed by atoms with Crippen LogP contribution in [0.25, 0.3) is 0 Å². The summed E-state index contributed by atoms with van der Waals surface area (Å²) in [6, 6.07) is 9.90. The van der Waals surface area contributed by atoms with Crippen molar-refractivity contribution in [2.45, 2.75) is 44.4 Å². The summed E-state index contributed by atoms with van der Waals surface area (Å²) in [6.07, 6.45) is 3.63. The first-order valence-corrected chi connectivity index (χ1v) is 9.19. The molecule has 1 aromatic rings. The minimum absolute atomic E-state index is 0.0229. The van der Waals surface area contributed by atoms with E-state index in [-0.39, 0.29) is 18.1 Å². The number of amides is 1. The van der Waals surface area contributed by atoms with E-state index in [1.54, 1.807) is 0 Å². The van der Waals surface area contributed by atoms with Crippen LogP contribution in [0.3, 0.4) is 0 Å². The molecule has 2 heterocycles. The Morgan fingerprint density at radius 2 is 2.20 bits per heavy atom. The molecule has 2 aliphatic heterocycles. The van der Waals surface area contributed by atoms with Crippen LogP contribution in [-0.2, 0) is 25.7 Å². The summed E-state index contributed by atoms with van der Waals surface area (Å²) < 4.78 is 11.0. The number of ether oxygens (including phenoxy) is 2. The monoisotopic (exact) mass is 348 g/mol. The van der Waals surface area contributed by atoms with Gasteiger partial charge in [0, 0.05) is 32.1 Å². The zero-order valence-electron chi connectivity index (χ0n) is 14.6. The van der Waals surface area contributed by atoms with Crippen molar-refractivity contribution in [3.05, 3.63) is 35.9 Å². The Morgan fingerprint density at radius 3 is 3.00 bits per heavy atom. The summed E-state index contributed by atoms with van der Waals surface area (Å²) in [5.41, 5.74) is 4.05. The number of carbonyl (C=O) groups is 1. The van der Waals surface area contributed by atoms with E-state index in [2.05, 4.69) is 22.9 Å². The highest BCUT2D eigenvalue weighted by Gasteiger charge is 2.30. The molecule has 2 saturated heterocycles. The Labute approximate surface area is 149 Å². The highest BCUT2D eigenvalue weighted by Crippen LogP contribution is 2.17. The van der Waals surface area contributed by atoms with E-state index in [0.29, 0.717) is 32.1 Å². The average Bonchev–Trinajstić information content (AvgIpc) is 3.32. The third kappa shape index (κ3) is 6.08. The zero-order chi connectivity index (χ0) is 17.3. The van der Waals surface area contributed by atoms with Gasteiger partial charge in [-0.05, 0) is 24.8 Å². The van der Waals surface area contributed by atoms with Gasteiger partial charge in [-0.1, -0.05) is 30.3 Å². The molecule has 3 rings (SSSR count). The highest BCUT2D eigenvalue weighted by atomic mass is 16.7. The lowest BCUT2D eigenvalue weighted by Gasteiger charge is -2.12. The van der Waals surface area contributed by atoms with Crippen LogP contribution in [-0.4, -0.2) is 44.4 Å². The van der Waals surface area contributed by atoms with Crippen molar-refractivity contribution in [3.63, 3.8) is 0 Å². The number of rotatable bonds is 9. The van der Waals surface area contributed by atoms with E-state index in [9.17, 15) is 4.79 Å². The van der Waals surface area contributed by atoms with Gasteiger partial charge < -0.3 is 14.8 Å². The quantitative estimate of drug-likeness (QED) is 0.666. The van der Waals surface area contributed by atoms with Crippen molar-refractivity contribution < 1.29 is 19.1 Å². The van der Waals surface area contributed by atoms with Gasteiger partial charge in [-0.3, -0.25) is 9.63 Å². The topological polar surface area (TPSA) is 68.8 Å². The molecule has 0 bridgehead atoms. The predicted octanol–water partition coefficient (Wildman–Crippen LogP) is 1.80. The zero-order valence-corrected chi connectivity index (χ0v) is 14.6. The molecule has 3 atom stereocenters. The van der Waals surface area contributed by atoms with Crippen molar-refractivity contribution in [1.82, 2.24) is 10.8 Å². The molecule has 0 aromatic heterocycles. The molecule has 2 N–H and O–H groups in total. The minimum Gasteiger partial charge on any atom is -0.381 e. The fourth-order valence-corrected chi connectivity index (χ4v) is 3.16. The Kier molecular flexibility index (Phi) is 7.23. The van der Waals surface area contributed by atoms with Gasteiger partial charge in [-0.25, -0.2) is 0 Å². The van der Waals surface area contributed by atoms with Crippen LogP contribution >= 0.6 is 0 Å². The molecule has 138 valence electrons. The van der Waals surface area contributed by atoms with Gasteiger partial charge in [-0.2, -0.15) is 5.48 Å². The number of hydrogen-bond donors (Lipinski definition) is 2. The molecule has 0 spiro atoms. The second-order valence-electron chi connectivity index (χ2n) is 6.80. The van der Waals surface area contributed by atoms with Gasteiger partial charge in [0.15, 0.2) is 0 Å². The molecule has 0 radical (unpaired) electrons. The summed E-state index contributed by atoms with van der Waals surface area (Å²) in [5, 5.41) is 3.00. The van der Waals surface area contributed by atoms with Gasteiger partial charge >= 0.3 is 0 Å². The summed E-state index contributed by atoms with van der Waals surface area (Å²) in [4.78, 5) is 17.7. The Hall–Kier alpha value is -1.47. The molecular formula is C19H28N2O4. The minimum atomic E-state index is -0.252. The van der Waals surface area contributed by atoms with Crippen molar-refractivity contribution in [1.29, 1.82) is 0 Å². The van der Waals surface area contributed by atoms with Crippen LogP contribution < -0.4 is 10.8 Å². The van der Waals surface area contributed by atoms with E-state index in [1.807, 2.05) is 18.2 Å². The molecule has 6 nitrogen and oxygen atoms in total. The van der Waals surface area contributed by atoms with Crippen LogP contribution in [0.1, 0.15) is 31.2 Å². The Balaban J connectivity index is 1.24. The lowest BCUT2D eigenvalue weighted by atomic mass is 10.1. The molecule has 25 heavy (non-hydrogen) atoms. The summed E-state index contributed by atoms with van der Waals surface area (Å²) in [5.74, 6) is 0.471. The van der Waals surface area contributed by atoms with Gasteiger partial charge in [0.05, 0.1) is 19.3 Å². The number of hydrogen-bond acceptors (Lipinski definition) is 5. The fraction of sp³-hybridized carbons (Fsp3) is 0.632. The normalized spacial score (nSPS) is 26.0. The third-order valence-corrected chi connectivity index (χ3v) is 4.71. The maximum Gasteiger partial charge on any atom is 0.239 e. The van der Waals surface area contributed by atoms with Crippen molar-refractivity contribution in [2.75, 3.05) is 26.4 Å². The summed E-state index contributed by atoms with van der Waals surface area (Å²) in [6.45, 7) is 3.59. The van der Waals surface area contributed by atoms with Crippen LogP contribution in [0, 0.1) is 5.92 Å². The number of hydroxylamine groups is 1. The first kappa shape index (κ1) is 18.3. The maximum atomic E-state index is 12.2. The third-order valence-electron chi connectivity index (χ3n) is 4.71. The number of carbonyl (C=O) groups excluding carboxylic acids is 1. The van der Waals surface area contributed by atoms with Crippen LogP contribution in [0.5, 0.6) is 0 Å². The summed E-state index contributed by atoms with van der Waals surface area (Å²) in [7, 11) is 0. The van der Waals surface area contributed by atoms with Gasteiger partial charge in [0.25, 0.3) is 0 Å². The lowest BCUT2D eigenvalue weighted by Crippen LogP contribution is -2.42. The number of benzene rings is 1. The van der Waals surface area contributed by atoms with Gasteiger partial charge in [-0.15, -0.1) is 0 Å². The van der Waals surface area contributed by atoms with E-state index in [0.717, 1.165) is 32.5 Å². The van der Waals surface area contributed by atoms with Crippen molar-refractivity contribution in [3.8, 4) is 0 Å². The number of nitrogens with one attached hydrogen (secondary N) is 2. The fourth-order valence-electron chi connectivity index (χ4n) is 3.16. The van der Waals surface area contributed by atoms with E-state index in [4.69, 9.17) is 14.3 Å². The average molecular weight is 348 g/mol. The molecular weight excluding hydrogens is 320 g/mol. The molecule has 2 aliphatic rings. The predicted molar refractivity (Wildman–Crippen MR) is 93.7 cm³/mol. The molecule has 1 amide bonds. The molecule has 0 saturated carbocycles. The van der Waals surface area contributed by atoms with Crippen LogP contribution in [0.15, 0.2) is 30.3 Å². The van der Waals surface area contributed by atoms with Crippen LogP contribution in [0.4, 0.5) is 0 Å². The van der Waals surface area contributed by atoms with E-state index >= 15 is 0 Å². The van der Waals surface area contributed by atoms with Gasteiger partial charge in [0.1, 0.15) is 6.04 Å². The SMILES string of the molecule is O=C(NCC1CCOC1)C1CC(CCCOCc2ccccc2)ON1. The lowest BCUT2D eigenvalue weighted by molar-refractivity contribution is -0.124. The van der Waals surface area contributed by atoms with E-state index in [1.165, 1.54) is 5.56 Å². The van der Waals surface area contributed by atoms with Crippen molar-refractivity contribution >= 4 is 5.91 Å². The Bertz CT molecular complexity index is 519. The molecule has 0 aliphatic carbocycles. The first-order chi connectivity index (χ1) is 12.3. The van der Waals surface area contributed by atoms with Gasteiger partial charge in [0.2, 0.25) is 5.91 Å². The summed E-state index contributed by atoms with van der Waals surface area (Å²) >= 11 is 0. The van der Waals surface area contributed by atoms with Crippen LogP contribution in [0.2, 0.25) is 0 Å². The first-order valence-electron chi connectivity index (χ1n) is 9.19. The largest absolute Gasteiger partial charge is 0.381 e. The van der Waals surface area contributed by atoms with E-state index < -0.39 is 0 Å². The molecule has 2 fully saturated rings. The Morgan fingerprint density at radius 1 is 1.32 bits per heavy atom.